The Labute approximate surface area is 153 Å². The van der Waals surface area contributed by atoms with Gasteiger partial charge in [-0.25, -0.2) is 4.39 Å². The van der Waals surface area contributed by atoms with Crippen molar-refractivity contribution in [3.8, 4) is 16.9 Å². The average molecular weight is 375 g/mol. The molecule has 0 radical (unpaired) electrons. The normalized spacial score (nSPS) is 10.9. The molecule has 3 aromatic carbocycles. The fourth-order valence-corrected chi connectivity index (χ4v) is 2.75. The van der Waals surface area contributed by atoms with E-state index in [0.717, 1.165) is 11.1 Å². The van der Waals surface area contributed by atoms with E-state index in [1.54, 1.807) is 36.4 Å². The van der Waals surface area contributed by atoms with E-state index >= 15 is 0 Å². The van der Waals surface area contributed by atoms with Gasteiger partial charge in [-0.15, -0.1) is 5.23 Å². The van der Waals surface area contributed by atoms with Crippen LogP contribution in [-0.2, 0) is 6.42 Å². The van der Waals surface area contributed by atoms with Crippen molar-refractivity contribution in [2.45, 2.75) is 13.0 Å². The quantitative estimate of drug-likeness (QED) is 0.577. The molecular weight excluding hydrogens is 359 g/mol. The zero-order valence-corrected chi connectivity index (χ0v) is 14.0. The molecule has 0 aliphatic heterocycles. The van der Waals surface area contributed by atoms with Crippen molar-refractivity contribution in [2.24, 2.45) is 0 Å². The number of alkyl halides is 2. The lowest BCUT2D eigenvalue weighted by molar-refractivity contribution is -0.0494. The Balaban J connectivity index is 2.00. The van der Waals surface area contributed by atoms with E-state index in [1.807, 2.05) is 0 Å². The van der Waals surface area contributed by atoms with E-state index in [1.165, 1.54) is 30.3 Å². The molecule has 0 aliphatic carbocycles. The third-order valence-corrected chi connectivity index (χ3v) is 3.97. The predicted octanol–water partition coefficient (Wildman–Crippen LogP) is 5.27. The third kappa shape index (κ3) is 4.78. The first-order chi connectivity index (χ1) is 12.9. The molecule has 0 unspecified atom stereocenters. The first-order valence-corrected chi connectivity index (χ1v) is 8.03. The van der Waals surface area contributed by atoms with Gasteiger partial charge in [-0.3, -0.25) is 10.4 Å². The average Bonchev–Trinajstić information content (AvgIpc) is 2.64. The highest BCUT2D eigenvalue weighted by atomic mass is 19.3. The summed E-state index contributed by atoms with van der Waals surface area (Å²) in [4.78, 5) is 0. The molecule has 0 saturated heterocycles. The van der Waals surface area contributed by atoms with Crippen LogP contribution in [0.4, 0.5) is 18.9 Å². The van der Waals surface area contributed by atoms with Crippen LogP contribution in [0.3, 0.4) is 0 Å². The molecule has 3 rings (SSSR count). The molecule has 0 aromatic heterocycles. The monoisotopic (exact) mass is 375 g/mol. The number of benzene rings is 3. The van der Waals surface area contributed by atoms with Crippen molar-refractivity contribution in [2.75, 3.05) is 5.23 Å². The fraction of sp³-hybridized carbons (Fsp3) is 0.100. The number of halogens is 3. The molecule has 0 heterocycles. The first-order valence-electron chi connectivity index (χ1n) is 8.03. The Kier molecular flexibility index (Phi) is 5.63. The largest absolute Gasteiger partial charge is 0.434 e. The van der Waals surface area contributed by atoms with Crippen LogP contribution in [0, 0.1) is 5.82 Å². The maximum absolute atomic E-state index is 13.1. The van der Waals surface area contributed by atoms with Gasteiger partial charge in [0.1, 0.15) is 11.6 Å². The van der Waals surface area contributed by atoms with Gasteiger partial charge in [0.25, 0.3) is 0 Å². The lowest BCUT2D eigenvalue weighted by Gasteiger charge is -2.15. The number of ether oxygens (including phenoxy) is 1. The molecule has 0 spiro atoms. The molecule has 140 valence electrons. The zero-order valence-electron chi connectivity index (χ0n) is 14.0. The molecule has 27 heavy (non-hydrogen) atoms. The number of hydrogen-bond acceptors (Lipinski definition) is 4. The molecule has 0 saturated carbocycles. The Bertz CT molecular complexity index is 915. The third-order valence-electron chi connectivity index (χ3n) is 3.97. The van der Waals surface area contributed by atoms with E-state index in [0.29, 0.717) is 17.5 Å². The van der Waals surface area contributed by atoms with Gasteiger partial charge in [0.2, 0.25) is 0 Å². The van der Waals surface area contributed by atoms with Crippen molar-refractivity contribution in [3.05, 3.63) is 83.7 Å². The maximum atomic E-state index is 13.1. The van der Waals surface area contributed by atoms with Crippen LogP contribution in [0.1, 0.15) is 11.1 Å². The Morgan fingerprint density at radius 1 is 0.889 bits per heavy atom. The standard InChI is InChI=1S/C20H16F3NO3/c21-16-7-4-13(5-8-16)10-14-6-9-19(27-20(22)23)18(11-14)15-2-1-3-17(12-15)24(25)26/h1-9,11-12,20,25-26H,10H2. The summed E-state index contributed by atoms with van der Waals surface area (Å²) in [5.41, 5.74) is 2.57. The van der Waals surface area contributed by atoms with Gasteiger partial charge < -0.3 is 4.74 Å². The summed E-state index contributed by atoms with van der Waals surface area (Å²) < 4.78 is 43.2. The summed E-state index contributed by atoms with van der Waals surface area (Å²) in [6, 6.07) is 16.8. The van der Waals surface area contributed by atoms with Crippen molar-refractivity contribution in [3.63, 3.8) is 0 Å². The van der Waals surface area contributed by atoms with Gasteiger partial charge in [0.05, 0.1) is 5.69 Å². The summed E-state index contributed by atoms with van der Waals surface area (Å²) in [5, 5.41) is 18.3. The molecular formula is C20H16F3NO3. The Morgan fingerprint density at radius 2 is 1.59 bits per heavy atom. The van der Waals surface area contributed by atoms with Crippen LogP contribution < -0.4 is 9.96 Å². The molecule has 7 heteroatoms. The van der Waals surface area contributed by atoms with Crippen LogP contribution >= 0.6 is 0 Å². The smallest absolute Gasteiger partial charge is 0.387 e. The topological polar surface area (TPSA) is 52.9 Å². The van der Waals surface area contributed by atoms with Crippen LogP contribution in [-0.4, -0.2) is 17.0 Å². The van der Waals surface area contributed by atoms with Gasteiger partial charge in [-0.05, 0) is 59.5 Å². The van der Waals surface area contributed by atoms with E-state index in [9.17, 15) is 23.6 Å². The van der Waals surface area contributed by atoms with E-state index in [4.69, 9.17) is 0 Å². The van der Waals surface area contributed by atoms with Crippen molar-refractivity contribution < 1.29 is 28.3 Å². The molecule has 0 amide bonds. The highest BCUT2D eigenvalue weighted by molar-refractivity contribution is 5.74. The molecule has 0 fully saturated rings. The van der Waals surface area contributed by atoms with Crippen LogP contribution in [0.2, 0.25) is 0 Å². The van der Waals surface area contributed by atoms with Crippen molar-refractivity contribution in [1.82, 2.24) is 0 Å². The number of rotatable bonds is 6. The molecule has 0 bridgehead atoms. The second-order valence-corrected chi connectivity index (χ2v) is 5.85. The number of nitrogens with zero attached hydrogens (tertiary/aromatic N) is 1. The summed E-state index contributed by atoms with van der Waals surface area (Å²) in [6.45, 7) is -3.00. The van der Waals surface area contributed by atoms with Crippen LogP contribution in [0.5, 0.6) is 5.75 Å². The Hall–Kier alpha value is -3.03. The second-order valence-electron chi connectivity index (χ2n) is 5.85. The fourth-order valence-electron chi connectivity index (χ4n) is 2.75. The molecule has 0 aliphatic rings. The summed E-state index contributed by atoms with van der Waals surface area (Å²) >= 11 is 0. The summed E-state index contributed by atoms with van der Waals surface area (Å²) in [7, 11) is 0. The lowest BCUT2D eigenvalue weighted by Crippen LogP contribution is -2.10. The van der Waals surface area contributed by atoms with Crippen LogP contribution in [0.25, 0.3) is 11.1 Å². The molecule has 3 aromatic rings. The minimum absolute atomic E-state index is 0.0348. The zero-order chi connectivity index (χ0) is 19.4. The Morgan fingerprint density at radius 3 is 2.26 bits per heavy atom. The van der Waals surface area contributed by atoms with Gasteiger partial charge in [0, 0.05) is 5.56 Å². The van der Waals surface area contributed by atoms with E-state index in [-0.39, 0.29) is 22.5 Å². The molecule has 0 atom stereocenters. The highest BCUT2D eigenvalue weighted by Crippen LogP contribution is 2.34. The maximum Gasteiger partial charge on any atom is 0.387 e. The van der Waals surface area contributed by atoms with Gasteiger partial charge in [-0.2, -0.15) is 8.78 Å². The van der Waals surface area contributed by atoms with E-state index < -0.39 is 6.61 Å². The van der Waals surface area contributed by atoms with Crippen molar-refractivity contribution >= 4 is 5.69 Å². The number of hydrogen-bond donors (Lipinski definition) is 2. The lowest BCUT2D eigenvalue weighted by atomic mass is 9.98. The van der Waals surface area contributed by atoms with Gasteiger partial charge >= 0.3 is 6.61 Å². The van der Waals surface area contributed by atoms with Crippen molar-refractivity contribution in [1.29, 1.82) is 0 Å². The van der Waals surface area contributed by atoms with E-state index in [2.05, 4.69) is 4.74 Å². The predicted molar refractivity (Wildman–Crippen MR) is 93.8 cm³/mol. The van der Waals surface area contributed by atoms with Crippen LogP contribution in [0.15, 0.2) is 66.7 Å². The first kappa shape index (κ1) is 18.8. The highest BCUT2D eigenvalue weighted by Gasteiger charge is 2.14. The minimum atomic E-state index is -3.00. The summed E-state index contributed by atoms with van der Waals surface area (Å²) in [5.74, 6) is -0.373. The number of anilines is 1. The molecule has 2 N–H and O–H groups in total. The molecule has 4 nitrogen and oxygen atoms in total. The van der Waals surface area contributed by atoms with Gasteiger partial charge in [0.15, 0.2) is 0 Å². The SMILES string of the molecule is ON(O)c1cccc(-c2cc(Cc3ccc(F)cc3)ccc2OC(F)F)c1. The van der Waals surface area contributed by atoms with Gasteiger partial charge in [-0.1, -0.05) is 30.3 Å². The summed E-state index contributed by atoms with van der Waals surface area (Å²) in [6.07, 6.45) is 0.466. The minimum Gasteiger partial charge on any atom is -0.434 e. The second kappa shape index (κ2) is 8.11.